The molecule has 0 atom stereocenters. The third-order valence-electron chi connectivity index (χ3n) is 2.57. The molecule has 6 heteroatoms. The number of rotatable bonds is 3. The second-order valence-corrected chi connectivity index (χ2v) is 3.85. The molecule has 0 aliphatic carbocycles. The van der Waals surface area contributed by atoms with Gasteiger partial charge in [0.05, 0.1) is 11.8 Å². The van der Waals surface area contributed by atoms with Crippen molar-refractivity contribution in [1.82, 2.24) is 5.16 Å². The van der Waals surface area contributed by atoms with Crippen molar-refractivity contribution in [3.8, 4) is 0 Å². The SMILES string of the molecule is NCc1cnoc1Cc1cccc(C(F)(F)F)c1. The minimum Gasteiger partial charge on any atom is -0.361 e. The lowest BCUT2D eigenvalue weighted by molar-refractivity contribution is -0.137. The molecule has 0 aliphatic heterocycles. The van der Waals surface area contributed by atoms with Crippen LogP contribution in [0.25, 0.3) is 0 Å². The molecule has 1 heterocycles. The molecule has 0 fully saturated rings. The van der Waals surface area contributed by atoms with E-state index < -0.39 is 11.7 Å². The van der Waals surface area contributed by atoms with E-state index in [1.807, 2.05) is 0 Å². The van der Waals surface area contributed by atoms with Crippen molar-refractivity contribution in [3.63, 3.8) is 0 Å². The van der Waals surface area contributed by atoms with E-state index >= 15 is 0 Å². The molecule has 0 bridgehead atoms. The highest BCUT2D eigenvalue weighted by molar-refractivity contribution is 5.29. The van der Waals surface area contributed by atoms with E-state index in [0.717, 1.165) is 12.1 Å². The fourth-order valence-corrected chi connectivity index (χ4v) is 1.64. The largest absolute Gasteiger partial charge is 0.416 e. The number of nitrogens with two attached hydrogens (primary N) is 1. The summed E-state index contributed by atoms with van der Waals surface area (Å²) in [7, 11) is 0. The lowest BCUT2D eigenvalue weighted by atomic mass is 10.0. The summed E-state index contributed by atoms with van der Waals surface area (Å²) in [4.78, 5) is 0. The average molecular weight is 256 g/mol. The molecule has 1 aromatic heterocycles. The van der Waals surface area contributed by atoms with E-state index in [1.54, 1.807) is 6.07 Å². The first kappa shape index (κ1) is 12.6. The first-order valence-electron chi connectivity index (χ1n) is 5.29. The third kappa shape index (κ3) is 2.70. The standard InChI is InChI=1S/C12H11F3N2O/c13-12(14,15)10-3-1-2-8(4-10)5-11-9(6-16)7-17-18-11/h1-4,7H,5-6,16H2. The Kier molecular flexibility index (Phi) is 3.38. The van der Waals surface area contributed by atoms with Gasteiger partial charge < -0.3 is 10.3 Å². The molecule has 0 saturated carbocycles. The summed E-state index contributed by atoms with van der Waals surface area (Å²) in [5.41, 5.74) is 6.01. The fourth-order valence-electron chi connectivity index (χ4n) is 1.64. The third-order valence-corrected chi connectivity index (χ3v) is 2.57. The number of hydrogen-bond donors (Lipinski definition) is 1. The Morgan fingerprint density at radius 3 is 2.72 bits per heavy atom. The Labute approximate surface area is 101 Å². The molecule has 0 aliphatic rings. The summed E-state index contributed by atoms with van der Waals surface area (Å²) in [6.45, 7) is 0.248. The monoisotopic (exact) mass is 256 g/mol. The fraction of sp³-hybridized carbons (Fsp3) is 0.250. The highest BCUT2D eigenvalue weighted by Crippen LogP contribution is 2.30. The summed E-state index contributed by atoms with van der Waals surface area (Å²) in [5.74, 6) is 0.497. The van der Waals surface area contributed by atoms with Crippen LogP contribution in [0.5, 0.6) is 0 Å². The molecule has 0 unspecified atom stereocenters. The van der Waals surface area contributed by atoms with Gasteiger partial charge >= 0.3 is 6.18 Å². The molecular weight excluding hydrogens is 245 g/mol. The van der Waals surface area contributed by atoms with Crippen LogP contribution in [0.2, 0.25) is 0 Å². The average Bonchev–Trinajstić information content (AvgIpc) is 2.75. The first-order chi connectivity index (χ1) is 8.50. The quantitative estimate of drug-likeness (QED) is 0.918. The van der Waals surface area contributed by atoms with Gasteiger partial charge in [0.2, 0.25) is 0 Å². The Morgan fingerprint density at radius 2 is 2.06 bits per heavy atom. The number of alkyl halides is 3. The van der Waals surface area contributed by atoms with Gasteiger partial charge in [0, 0.05) is 18.5 Å². The highest BCUT2D eigenvalue weighted by Gasteiger charge is 2.30. The van der Waals surface area contributed by atoms with Gasteiger partial charge in [-0.2, -0.15) is 13.2 Å². The summed E-state index contributed by atoms with van der Waals surface area (Å²) in [5, 5.41) is 3.58. The Hall–Kier alpha value is -1.82. The van der Waals surface area contributed by atoms with E-state index in [0.29, 0.717) is 16.9 Å². The molecule has 96 valence electrons. The molecule has 0 saturated heterocycles. The molecule has 3 nitrogen and oxygen atoms in total. The van der Waals surface area contributed by atoms with Gasteiger partial charge in [0.1, 0.15) is 5.76 Å². The van der Waals surface area contributed by atoms with Crippen LogP contribution >= 0.6 is 0 Å². The van der Waals surface area contributed by atoms with Gasteiger partial charge in [-0.1, -0.05) is 23.4 Å². The predicted octanol–water partition coefficient (Wildman–Crippen LogP) is 2.74. The smallest absolute Gasteiger partial charge is 0.361 e. The van der Waals surface area contributed by atoms with Crippen molar-refractivity contribution in [2.45, 2.75) is 19.1 Å². The van der Waals surface area contributed by atoms with Crippen molar-refractivity contribution >= 4 is 0 Å². The zero-order valence-electron chi connectivity index (χ0n) is 9.37. The number of aromatic nitrogens is 1. The summed E-state index contributed by atoms with van der Waals surface area (Å²) >= 11 is 0. The van der Waals surface area contributed by atoms with E-state index in [9.17, 15) is 13.2 Å². The van der Waals surface area contributed by atoms with E-state index in [4.69, 9.17) is 10.3 Å². The van der Waals surface area contributed by atoms with Gasteiger partial charge in [-0.15, -0.1) is 0 Å². The van der Waals surface area contributed by atoms with Crippen LogP contribution in [0.15, 0.2) is 35.0 Å². The topological polar surface area (TPSA) is 52.0 Å². The second kappa shape index (κ2) is 4.81. The van der Waals surface area contributed by atoms with Crippen LogP contribution < -0.4 is 5.73 Å². The van der Waals surface area contributed by atoms with Crippen molar-refractivity contribution in [3.05, 3.63) is 52.9 Å². The van der Waals surface area contributed by atoms with Crippen molar-refractivity contribution in [2.75, 3.05) is 0 Å². The molecule has 0 radical (unpaired) electrons. The minimum atomic E-state index is -4.34. The molecule has 2 rings (SSSR count). The number of hydrogen-bond acceptors (Lipinski definition) is 3. The van der Waals surface area contributed by atoms with Crippen LogP contribution in [0.3, 0.4) is 0 Å². The summed E-state index contributed by atoms with van der Waals surface area (Å²) in [6.07, 6.45) is -2.62. The number of halogens is 3. The lowest BCUT2D eigenvalue weighted by Gasteiger charge is -2.08. The molecule has 0 amide bonds. The van der Waals surface area contributed by atoms with E-state index in [-0.39, 0.29) is 13.0 Å². The van der Waals surface area contributed by atoms with Gasteiger partial charge in [-0.05, 0) is 11.6 Å². The maximum absolute atomic E-state index is 12.5. The zero-order valence-corrected chi connectivity index (χ0v) is 9.37. The molecule has 1 aromatic carbocycles. The normalized spacial score (nSPS) is 11.8. The van der Waals surface area contributed by atoms with Crippen molar-refractivity contribution in [1.29, 1.82) is 0 Å². The van der Waals surface area contributed by atoms with Crippen molar-refractivity contribution in [2.24, 2.45) is 5.73 Å². The van der Waals surface area contributed by atoms with Crippen LogP contribution in [0.4, 0.5) is 13.2 Å². The zero-order chi connectivity index (χ0) is 13.2. The van der Waals surface area contributed by atoms with Crippen molar-refractivity contribution < 1.29 is 17.7 Å². The molecule has 0 spiro atoms. The van der Waals surface area contributed by atoms with Crippen LogP contribution in [-0.2, 0) is 19.1 Å². The maximum Gasteiger partial charge on any atom is 0.416 e. The summed E-state index contributed by atoms with van der Waals surface area (Å²) in [6, 6.07) is 5.12. The van der Waals surface area contributed by atoms with Gasteiger partial charge in [0.15, 0.2) is 0 Å². The Morgan fingerprint density at radius 1 is 1.28 bits per heavy atom. The Balaban J connectivity index is 2.25. The maximum atomic E-state index is 12.5. The molecular formula is C12H11F3N2O. The highest BCUT2D eigenvalue weighted by atomic mass is 19.4. The van der Waals surface area contributed by atoms with Crippen LogP contribution in [0, 0.1) is 0 Å². The van der Waals surface area contributed by atoms with E-state index in [1.165, 1.54) is 12.3 Å². The molecule has 2 aromatic rings. The second-order valence-electron chi connectivity index (χ2n) is 3.85. The van der Waals surface area contributed by atoms with Crippen LogP contribution in [0.1, 0.15) is 22.5 Å². The van der Waals surface area contributed by atoms with Gasteiger partial charge in [-0.3, -0.25) is 0 Å². The Bertz CT molecular complexity index is 534. The molecule has 2 N–H and O–H groups in total. The van der Waals surface area contributed by atoms with Gasteiger partial charge in [0.25, 0.3) is 0 Å². The molecule has 18 heavy (non-hydrogen) atoms. The first-order valence-corrected chi connectivity index (χ1v) is 5.29. The predicted molar refractivity (Wildman–Crippen MR) is 58.6 cm³/mol. The minimum absolute atomic E-state index is 0.246. The number of nitrogens with zero attached hydrogens (tertiary/aromatic N) is 1. The van der Waals surface area contributed by atoms with Crippen LogP contribution in [-0.4, -0.2) is 5.16 Å². The number of benzene rings is 1. The summed E-state index contributed by atoms with van der Waals surface area (Å²) < 4.78 is 42.6. The van der Waals surface area contributed by atoms with E-state index in [2.05, 4.69) is 5.16 Å². The van der Waals surface area contributed by atoms with Gasteiger partial charge in [-0.25, -0.2) is 0 Å². The lowest BCUT2D eigenvalue weighted by Crippen LogP contribution is -2.05.